The molecule has 2 rings (SSSR count). The second-order valence-electron chi connectivity index (χ2n) is 6.67. The summed E-state index contributed by atoms with van der Waals surface area (Å²) < 4.78 is 60.1. The third kappa shape index (κ3) is 6.88. The molecule has 0 amide bonds. The van der Waals surface area contributed by atoms with E-state index >= 15 is 0 Å². The molecular formula is C20H25NO6S2. The van der Waals surface area contributed by atoms with Crippen LogP contribution in [0.3, 0.4) is 0 Å². The molecule has 158 valence electrons. The fourth-order valence-electron chi connectivity index (χ4n) is 2.60. The molecule has 0 aromatic heterocycles. The van der Waals surface area contributed by atoms with Gasteiger partial charge < -0.3 is 8.92 Å². The molecule has 0 heterocycles. The van der Waals surface area contributed by atoms with Gasteiger partial charge in [0.2, 0.25) is 10.0 Å². The van der Waals surface area contributed by atoms with E-state index < -0.39 is 20.1 Å². The zero-order valence-electron chi connectivity index (χ0n) is 16.8. The molecule has 0 radical (unpaired) electrons. The summed E-state index contributed by atoms with van der Waals surface area (Å²) in [5, 5.41) is 1.17. The Morgan fingerprint density at radius 1 is 1.00 bits per heavy atom. The average Bonchev–Trinajstić information content (AvgIpc) is 2.64. The van der Waals surface area contributed by atoms with Crippen molar-refractivity contribution in [1.29, 1.82) is 0 Å². The summed E-state index contributed by atoms with van der Waals surface area (Å²) in [7, 11) is -6.09. The van der Waals surface area contributed by atoms with Crippen molar-refractivity contribution < 1.29 is 25.8 Å². The molecule has 9 heteroatoms. The number of benzene rings is 2. The molecule has 0 fully saturated rings. The number of methoxy groups -OCH3 is 1. The topological polar surface area (TPSA) is 90.0 Å². The van der Waals surface area contributed by atoms with Crippen LogP contribution in [0, 0.1) is 0 Å². The first-order valence-electron chi connectivity index (χ1n) is 8.83. The number of sulfonamides is 1. The first-order chi connectivity index (χ1) is 13.5. The van der Waals surface area contributed by atoms with Crippen LogP contribution in [-0.4, -0.2) is 40.5 Å². The first-order valence-corrected chi connectivity index (χ1v) is 12.1. The van der Waals surface area contributed by atoms with E-state index in [2.05, 4.69) is 0 Å². The van der Waals surface area contributed by atoms with Crippen molar-refractivity contribution in [1.82, 2.24) is 4.31 Å². The van der Waals surface area contributed by atoms with Crippen LogP contribution in [0.2, 0.25) is 0 Å². The quantitative estimate of drug-likeness (QED) is 0.557. The molecule has 29 heavy (non-hydrogen) atoms. The SMILES string of the molecule is COc1ccc(CN(C(C)C)S(=O)(=O)C=Cc2ccccc2)cc1OS(C)(=O)=O. The Morgan fingerprint density at radius 3 is 2.21 bits per heavy atom. The lowest BCUT2D eigenvalue weighted by Crippen LogP contribution is -2.35. The summed E-state index contributed by atoms with van der Waals surface area (Å²) >= 11 is 0. The molecule has 0 atom stereocenters. The molecule has 7 nitrogen and oxygen atoms in total. The molecule has 2 aromatic carbocycles. The van der Waals surface area contributed by atoms with Gasteiger partial charge in [-0.15, -0.1) is 0 Å². The lowest BCUT2D eigenvalue weighted by atomic mass is 10.2. The van der Waals surface area contributed by atoms with E-state index in [0.29, 0.717) is 5.56 Å². The fraction of sp³-hybridized carbons (Fsp3) is 0.300. The minimum absolute atomic E-state index is 0.00781. The molecule has 0 N–H and O–H groups in total. The van der Waals surface area contributed by atoms with Crippen LogP contribution < -0.4 is 8.92 Å². The maximum absolute atomic E-state index is 12.9. The third-order valence-electron chi connectivity index (χ3n) is 3.94. The van der Waals surface area contributed by atoms with E-state index in [1.165, 1.54) is 29.0 Å². The molecule has 0 unspecified atom stereocenters. The molecule has 0 saturated heterocycles. The smallest absolute Gasteiger partial charge is 0.306 e. The van der Waals surface area contributed by atoms with Crippen molar-refractivity contribution in [3.8, 4) is 11.5 Å². The first kappa shape index (κ1) is 22.9. The minimum Gasteiger partial charge on any atom is -0.493 e. The van der Waals surface area contributed by atoms with Crippen LogP contribution in [0.15, 0.2) is 53.9 Å². The standard InChI is InChI=1S/C20H25NO6S2/c1-16(2)21(29(24,25)13-12-17-8-6-5-7-9-17)15-18-10-11-19(26-3)20(14-18)27-28(4,22)23/h5-14,16H,15H2,1-4H3. The van der Waals surface area contributed by atoms with Gasteiger partial charge >= 0.3 is 10.1 Å². The van der Waals surface area contributed by atoms with Crippen LogP contribution in [0.1, 0.15) is 25.0 Å². The van der Waals surface area contributed by atoms with E-state index in [4.69, 9.17) is 8.92 Å². The van der Waals surface area contributed by atoms with E-state index in [1.54, 1.807) is 26.0 Å². The number of hydrogen-bond donors (Lipinski definition) is 0. The molecule has 0 saturated carbocycles. The van der Waals surface area contributed by atoms with Gasteiger partial charge in [0, 0.05) is 18.0 Å². The minimum atomic E-state index is -3.76. The molecule has 0 aliphatic carbocycles. The van der Waals surface area contributed by atoms with Crippen LogP contribution in [-0.2, 0) is 26.7 Å². The van der Waals surface area contributed by atoms with Crippen molar-refractivity contribution in [3.05, 3.63) is 65.1 Å². The summed E-state index contributed by atoms with van der Waals surface area (Å²) in [6, 6.07) is 13.5. The van der Waals surface area contributed by atoms with Gasteiger partial charge in [-0.2, -0.15) is 12.7 Å². The van der Waals surface area contributed by atoms with Gasteiger partial charge in [-0.3, -0.25) is 0 Å². The van der Waals surface area contributed by atoms with Gasteiger partial charge in [0.1, 0.15) is 0 Å². The third-order valence-corrected chi connectivity index (χ3v) is 6.11. The molecule has 0 bridgehead atoms. The number of nitrogens with zero attached hydrogens (tertiary/aromatic N) is 1. The van der Waals surface area contributed by atoms with Gasteiger partial charge in [-0.25, -0.2) is 8.42 Å². The molecule has 0 aliphatic heterocycles. The normalized spacial score (nSPS) is 12.6. The van der Waals surface area contributed by atoms with Crippen molar-refractivity contribution in [2.45, 2.75) is 26.4 Å². The van der Waals surface area contributed by atoms with Crippen molar-refractivity contribution in [3.63, 3.8) is 0 Å². The van der Waals surface area contributed by atoms with Gasteiger partial charge in [0.05, 0.1) is 13.4 Å². The predicted octanol–water partition coefficient (Wildman–Crippen LogP) is 3.24. The molecule has 0 spiro atoms. The van der Waals surface area contributed by atoms with Crippen molar-refractivity contribution in [2.24, 2.45) is 0 Å². The zero-order valence-corrected chi connectivity index (χ0v) is 18.4. The predicted molar refractivity (Wildman–Crippen MR) is 114 cm³/mol. The molecular weight excluding hydrogens is 414 g/mol. The van der Waals surface area contributed by atoms with Crippen LogP contribution in [0.25, 0.3) is 6.08 Å². The Labute approximate surface area is 172 Å². The number of hydrogen-bond acceptors (Lipinski definition) is 6. The Hall–Kier alpha value is -2.36. The van der Waals surface area contributed by atoms with E-state index in [0.717, 1.165) is 11.8 Å². The van der Waals surface area contributed by atoms with Crippen LogP contribution in [0.4, 0.5) is 0 Å². The van der Waals surface area contributed by atoms with Crippen LogP contribution in [0.5, 0.6) is 11.5 Å². The maximum atomic E-state index is 12.9. The van der Waals surface area contributed by atoms with Gasteiger partial charge in [0.25, 0.3) is 0 Å². The molecule has 0 aliphatic rings. The highest BCUT2D eigenvalue weighted by Gasteiger charge is 2.23. The van der Waals surface area contributed by atoms with Gasteiger partial charge in [-0.05, 0) is 43.2 Å². The summed E-state index contributed by atoms with van der Waals surface area (Å²) in [4.78, 5) is 0. The Bertz CT molecular complexity index is 1060. The van der Waals surface area contributed by atoms with Gasteiger partial charge in [0.15, 0.2) is 11.5 Å². The highest BCUT2D eigenvalue weighted by atomic mass is 32.2. The van der Waals surface area contributed by atoms with E-state index in [9.17, 15) is 16.8 Å². The Kier molecular flexibility index (Phi) is 7.45. The maximum Gasteiger partial charge on any atom is 0.306 e. The van der Waals surface area contributed by atoms with E-state index in [-0.39, 0.29) is 24.1 Å². The summed E-state index contributed by atoms with van der Waals surface area (Å²) in [6.45, 7) is 3.58. The van der Waals surface area contributed by atoms with Crippen molar-refractivity contribution in [2.75, 3.05) is 13.4 Å². The number of ether oxygens (including phenoxy) is 1. The van der Waals surface area contributed by atoms with Gasteiger partial charge in [-0.1, -0.05) is 36.4 Å². The summed E-state index contributed by atoms with van der Waals surface area (Å²) in [5.41, 5.74) is 1.34. The monoisotopic (exact) mass is 439 g/mol. The second-order valence-corrected chi connectivity index (χ2v) is 10.0. The molecule has 2 aromatic rings. The number of rotatable bonds is 9. The van der Waals surface area contributed by atoms with E-state index in [1.807, 2.05) is 30.3 Å². The van der Waals surface area contributed by atoms with Crippen LogP contribution >= 0.6 is 0 Å². The lowest BCUT2D eigenvalue weighted by molar-refractivity contribution is 0.351. The second kappa shape index (κ2) is 9.43. The lowest BCUT2D eigenvalue weighted by Gasteiger charge is -2.24. The van der Waals surface area contributed by atoms with Crippen molar-refractivity contribution >= 4 is 26.2 Å². The average molecular weight is 440 g/mol. The highest BCUT2D eigenvalue weighted by molar-refractivity contribution is 7.92. The Morgan fingerprint density at radius 2 is 1.66 bits per heavy atom. The summed E-state index contributed by atoms with van der Waals surface area (Å²) in [6.07, 6.45) is 2.47. The summed E-state index contributed by atoms with van der Waals surface area (Å²) in [5.74, 6) is 0.246. The Balaban J connectivity index is 2.32. The highest BCUT2D eigenvalue weighted by Crippen LogP contribution is 2.30. The fourth-order valence-corrected chi connectivity index (χ4v) is 4.46. The zero-order chi connectivity index (χ0) is 21.7. The largest absolute Gasteiger partial charge is 0.493 e.